The summed E-state index contributed by atoms with van der Waals surface area (Å²) in [6.07, 6.45) is 38.2. The largest absolute Gasteiger partial charge is 0.444 e. The van der Waals surface area contributed by atoms with Gasteiger partial charge >= 0.3 is 5.97 Å². The van der Waals surface area contributed by atoms with E-state index in [0.717, 1.165) is 44.3 Å². The summed E-state index contributed by atoms with van der Waals surface area (Å²) >= 11 is 6.37. The highest BCUT2D eigenvalue weighted by Gasteiger charge is 2.24. The van der Waals surface area contributed by atoms with Gasteiger partial charge < -0.3 is 10.1 Å². The van der Waals surface area contributed by atoms with E-state index in [1.165, 1.54) is 103 Å². The molecule has 0 aromatic heterocycles. The van der Waals surface area contributed by atoms with Gasteiger partial charge in [-0.1, -0.05) is 140 Å². The second-order valence-electron chi connectivity index (χ2n) is 12.5. The van der Waals surface area contributed by atoms with Crippen LogP contribution >= 0.6 is 22.5 Å². The highest BCUT2D eigenvalue weighted by molar-refractivity contribution is 8.15. The summed E-state index contributed by atoms with van der Waals surface area (Å²) in [5.41, 5.74) is -0.614. The molecule has 0 bridgehead atoms. The van der Waals surface area contributed by atoms with Crippen LogP contribution in [0.1, 0.15) is 174 Å². The second-order valence-corrected chi connectivity index (χ2v) is 15.6. The van der Waals surface area contributed by atoms with Gasteiger partial charge in [-0.25, -0.2) is 4.79 Å². The molecule has 0 aromatic rings. The van der Waals surface area contributed by atoms with Crippen LogP contribution in [0, 0.1) is 0 Å². The molecular weight excluding hydrogens is 562 g/mol. The number of alkyl halides is 1. The van der Waals surface area contributed by atoms with E-state index in [0.29, 0.717) is 19.3 Å². The van der Waals surface area contributed by atoms with Crippen molar-refractivity contribution < 1.29 is 14.3 Å². The average Bonchev–Trinajstić information content (AvgIpc) is 2.96. The number of unbranched alkanes of at least 4 members (excludes halogenated alkanes) is 19. The number of thiol groups is 1. The Hall–Kier alpha value is -0.680. The summed E-state index contributed by atoms with van der Waals surface area (Å²) in [7, 11) is -0.150. The summed E-state index contributed by atoms with van der Waals surface area (Å²) in [4.78, 5) is 25.5. The normalized spacial score (nSPS) is 13.3. The van der Waals surface area contributed by atoms with Gasteiger partial charge in [-0.2, -0.15) is 0 Å². The maximum absolute atomic E-state index is 12.9. The van der Waals surface area contributed by atoms with Crippen molar-refractivity contribution in [3.05, 3.63) is 12.2 Å². The Morgan fingerprint density at radius 1 is 0.667 bits per heavy atom. The lowest BCUT2D eigenvalue weighted by Gasteiger charge is -2.21. The topological polar surface area (TPSA) is 55.4 Å². The van der Waals surface area contributed by atoms with Crippen LogP contribution in [-0.2, 0) is 14.3 Å². The lowest BCUT2D eigenvalue weighted by Crippen LogP contribution is -2.43. The van der Waals surface area contributed by atoms with Crippen LogP contribution in [0.3, 0.4) is 0 Å². The van der Waals surface area contributed by atoms with Gasteiger partial charge in [-0.05, 0) is 69.6 Å². The number of allylic oxidation sites excluding steroid dienone is 2. The highest BCUT2D eigenvalue weighted by atomic mass is 35.5. The van der Waals surface area contributed by atoms with Crippen molar-refractivity contribution in [3.63, 3.8) is 0 Å². The van der Waals surface area contributed by atoms with Crippen molar-refractivity contribution in [2.24, 2.45) is 0 Å². The van der Waals surface area contributed by atoms with E-state index in [2.05, 4.69) is 43.8 Å². The van der Waals surface area contributed by atoms with Gasteiger partial charge in [0.2, 0.25) is 5.91 Å². The van der Waals surface area contributed by atoms with Gasteiger partial charge in [0.05, 0.1) is 0 Å². The first-order valence-corrected chi connectivity index (χ1v) is 20.7. The summed E-state index contributed by atoms with van der Waals surface area (Å²) in [6.45, 7) is 4.51. The molecule has 0 saturated heterocycles. The molecule has 0 aliphatic carbocycles. The molecule has 0 saturated carbocycles. The molecule has 1 unspecified atom stereocenters. The van der Waals surface area contributed by atoms with Crippen LogP contribution in [0.25, 0.3) is 0 Å². The molecule has 0 rings (SSSR count). The number of halogens is 1. The highest BCUT2D eigenvalue weighted by Crippen LogP contribution is 2.19. The van der Waals surface area contributed by atoms with E-state index >= 15 is 0 Å². The minimum Gasteiger partial charge on any atom is -0.444 e. The molecule has 1 amide bonds. The van der Waals surface area contributed by atoms with E-state index < -0.39 is 11.6 Å². The first kappa shape index (κ1) is 41.3. The molecule has 4 nitrogen and oxygen atoms in total. The van der Waals surface area contributed by atoms with Crippen molar-refractivity contribution in [3.8, 4) is 0 Å². The molecule has 0 spiro atoms. The van der Waals surface area contributed by atoms with Crippen molar-refractivity contribution in [1.82, 2.24) is 5.32 Å². The smallest absolute Gasteiger partial charge is 0.330 e. The fourth-order valence-corrected chi connectivity index (χ4v) is 6.16. The summed E-state index contributed by atoms with van der Waals surface area (Å²) in [6, 6.07) is -0.588. The van der Waals surface area contributed by atoms with Gasteiger partial charge in [0.25, 0.3) is 0 Å². The summed E-state index contributed by atoms with van der Waals surface area (Å²) in [5, 5.41) is 2.96. The van der Waals surface area contributed by atoms with E-state index in [9.17, 15) is 9.59 Å². The van der Waals surface area contributed by atoms with Crippen molar-refractivity contribution >= 4 is 34.4 Å². The lowest BCUT2D eigenvalue weighted by molar-refractivity contribution is -0.150. The molecule has 250 valence electrons. The Morgan fingerprint density at radius 2 is 1.12 bits per heavy atom. The Labute approximate surface area is 269 Å². The molecule has 0 fully saturated rings. The van der Waals surface area contributed by atoms with Gasteiger partial charge in [0, 0.05) is 6.42 Å². The number of ether oxygens (including phenoxy) is 1. The maximum Gasteiger partial charge on any atom is 0.330 e. The molecule has 6 heteroatoms. The zero-order chi connectivity index (χ0) is 31.1. The fourth-order valence-electron chi connectivity index (χ4n) is 5.14. The summed E-state index contributed by atoms with van der Waals surface area (Å²) in [5.74, 6) is 0.505. The van der Waals surface area contributed by atoms with E-state index in [1.807, 2.05) is 0 Å². The zero-order valence-corrected chi connectivity index (χ0v) is 29.9. The maximum atomic E-state index is 12.9. The second kappa shape index (κ2) is 31.7. The van der Waals surface area contributed by atoms with E-state index in [4.69, 9.17) is 16.3 Å². The van der Waals surface area contributed by atoms with Gasteiger partial charge in [-0.15, -0.1) is 0 Å². The van der Waals surface area contributed by atoms with Gasteiger partial charge in [0.1, 0.15) is 6.04 Å². The number of esters is 1. The Kier molecular flexibility index (Phi) is 31.2. The van der Waals surface area contributed by atoms with Crippen LogP contribution in [0.5, 0.6) is 0 Å². The fraction of sp³-hybridized carbons (Fsp3) is 0.889. The Bertz CT molecular complexity index is 643. The number of carbonyl (C=O) groups is 2. The number of nitrogens with one attached hydrogen (secondary N) is 1. The number of hydrogen-bond donors (Lipinski definition) is 2. The van der Waals surface area contributed by atoms with Crippen molar-refractivity contribution in [2.75, 3.05) is 18.3 Å². The zero-order valence-electron chi connectivity index (χ0n) is 28.2. The molecule has 42 heavy (non-hydrogen) atoms. The van der Waals surface area contributed by atoms with Crippen LogP contribution in [0.4, 0.5) is 0 Å². The molecular formula is C36H70ClNO3S. The first-order chi connectivity index (χ1) is 20.4. The van der Waals surface area contributed by atoms with Crippen LogP contribution in [-0.4, -0.2) is 41.7 Å². The van der Waals surface area contributed by atoms with Crippen LogP contribution in [0.15, 0.2) is 12.2 Å². The molecule has 0 aromatic carbocycles. The molecule has 0 radical (unpaired) electrons. The molecule has 0 heterocycles. The molecule has 0 aliphatic heterocycles. The third-order valence-electron chi connectivity index (χ3n) is 7.93. The molecule has 1 N–H and O–H groups in total. The first-order valence-electron chi connectivity index (χ1n) is 17.8. The third kappa shape index (κ3) is 29.4. The minimum absolute atomic E-state index is 0.0452. The third-order valence-corrected chi connectivity index (χ3v) is 9.39. The van der Waals surface area contributed by atoms with E-state index in [-0.39, 0.29) is 22.8 Å². The SMILES string of the molecule is CCCCCCCC/C=C\CCCCCCCC(=O)N[C@H](CC[SH](C)C)C(=O)OC(Cl)CCCCCCCCCCC. The predicted octanol–water partition coefficient (Wildman–Crippen LogP) is 11.2. The van der Waals surface area contributed by atoms with Crippen molar-refractivity contribution in [1.29, 1.82) is 0 Å². The Morgan fingerprint density at radius 3 is 1.62 bits per heavy atom. The lowest BCUT2D eigenvalue weighted by atomic mass is 10.1. The van der Waals surface area contributed by atoms with Crippen LogP contribution < -0.4 is 5.32 Å². The monoisotopic (exact) mass is 631 g/mol. The predicted molar refractivity (Wildman–Crippen MR) is 189 cm³/mol. The number of amides is 1. The van der Waals surface area contributed by atoms with Gasteiger partial charge in [-0.3, -0.25) is 15.7 Å². The Balaban J connectivity index is 4.04. The molecule has 2 atom stereocenters. The number of rotatable bonds is 31. The van der Waals surface area contributed by atoms with Gasteiger partial charge in [0.15, 0.2) is 5.56 Å². The average molecular weight is 632 g/mol. The van der Waals surface area contributed by atoms with Crippen molar-refractivity contribution in [2.45, 2.75) is 186 Å². The molecule has 0 aliphatic rings. The number of carbonyl (C=O) groups excluding carboxylic acids is 2. The minimum atomic E-state index is -0.614. The standard InChI is InChI=1S/C36H70ClNO3S/c1-5-7-9-11-13-15-16-17-18-19-20-22-24-26-28-30-35(39)38-33(31-32-42(3)4)36(40)41-34(37)29-27-25-23-21-14-12-10-8-6-2/h17-18,33-34,42H,5-16,19-32H2,1-4H3,(H,38,39)/b18-17-/t33-,34?/m1/s1. The number of hydrogen-bond acceptors (Lipinski definition) is 3. The summed E-state index contributed by atoms with van der Waals surface area (Å²) < 4.78 is 5.56. The quantitative estimate of drug-likeness (QED) is 0.0263. The van der Waals surface area contributed by atoms with Crippen LogP contribution in [0.2, 0.25) is 0 Å². The van der Waals surface area contributed by atoms with E-state index in [1.54, 1.807) is 0 Å².